The Hall–Kier alpha value is -0.960. The van der Waals surface area contributed by atoms with Gasteiger partial charge in [0.25, 0.3) is 0 Å². The molecule has 3 N–H and O–H groups in total. The molecule has 152 valence electrons. The van der Waals surface area contributed by atoms with Crippen LogP contribution < -0.4 is 11.1 Å². The average Bonchev–Trinajstić information content (AvgIpc) is 2.47. The zero-order chi connectivity index (χ0) is 18.5. The number of hydrogen-bond acceptors (Lipinski definition) is 4. The van der Waals surface area contributed by atoms with E-state index in [1.807, 2.05) is 13.8 Å². The first-order chi connectivity index (χ1) is 11.0. The van der Waals surface area contributed by atoms with Crippen LogP contribution in [0.5, 0.6) is 0 Å². The Bertz CT molecular complexity index is 586. The number of nitrogens with one attached hydrogen (secondary N) is 1. The first kappa shape index (κ1) is 27.3. The molecule has 0 aliphatic rings. The van der Waals surface area contributed by atoms with E-state index in [4.69, 9.17) is 17.3 Å². The maximum atomic E-state index is 12.5. The molecule has 0 spiro atoms. The number of anilines is 1. The van der Waals surface area contributed by atoms with Crippen LogP contribution in [-0.4, -0.2) is 42.5 Å². The molecule has 0 aliphatic carbocycles. The molecule has 1 heterocycles. The summed E-state index contributed by atoms with van der Waals surface area (Å²) in [4.78, 5) is 17.3. The molecule has 0 saturated heterocycles. The van der Waals surface area contributed by atoms with Crippen molar-refractivity contribution in [2.45, 2.75) is 26.4 Å². The summed E-state index contributed by atoms with van der Waals surface area (Å²) in [6.07, 6.45) is -3.63. The second-order valence-electron chi connectivity index (χ2n) is 6.35. The summed E-state index contributed by atoms with van der Waals surface area (Å²) in [5.74, 6) is 0.00877. The summed E-state index contributed by atoms with van der Waals surface area (Å²) < 4.78 is 37.6. The molecule has 0 atom stereocenters. The zero-order valence-electron chi connectivity index (χ0n) is 14.7. The largest absolute Gasteiger partial charge is 0.417 e. The summed E-state index contributed by atoms with van der Waals surface area (Å²) in [6, 6.07) is 0.800. The third kappa shape index (κ3) is 8.62. The summed E-state index contributed by atoms with van der Waals surface area (Å²) in [5, 5.41) is 2.63. The lowest BCUT2D eigenvalue weighted by Crippen LogP contribution is -2.40. The van der Waals surface area contributed by atoms with Crippen molar-refractivity contribution in [1.82, 2.24) is 9.88 Å². The van der Waals surface area contributed by atoms with Crippen molar-refractivity contribution in [2.24, 2.45) is 11.1 Å². The molecule has 1 aromatic rings. The van der Waals surface area contributed by atoms with Gasteiger partial charge >= 0.3 is 6.18 Å². The van der Waals surface area contributed by atoms with Gasteiger partial charge in [-0.25, -0.2) is 4.98 Å². The van der Waals surface area contributed by atoms with Gasteiger partial charge in [0.15, 0.2) is 0 Å². The van der Waals surface area contributed by atoms with Crippen molar-refractivity contribution < 1.29 is 18.0 Å². The molecule has 0 aromatic carbocycles. The van der Waals surface area contributed by atoms with E-state index in [1.165, 1.54) is 0 Å². The second-order valence-corrected chi connectivity index (χ2v) is 6.75. The van der Waals surface area contributed by atoms with Crippen LogP contribution in [0.4, 0.5) is 19.0 Å². The highest BCUT2D eigenvalue weighted by Crippen LogP contribution is 2.32. The molecule has 1 amide bonds. The Labute approximate surface area is 168 Å². The highest BCUT2D eigenvalue weighted by atomic mass is 35.5. The lowest BCUT2D eigenvalue weighted by atomic mass is 9.93. The third-order valence-electron chi connectivity index (χ3n) is 3.44. The minimum Gasteiger partial charge on any atom is -0.368 e. The normalized spacial score (nSPS) is 11.2. The van der Waals surface area contributed by atoms with Crippen LogP contribution in [0.25, 0.3) is 0 Å². The second kappa shape index (κ2) is 11.0. The van der Waals surface area contributed by atoms with Crippen molar-refractivity contribution in [2.75, 3.05) is 32.0 Å². The predicted octanol–water partition coefficient (Wildman–Crippen LogP) is 3.84. The van der Waals surface area contributed by atoms with Gasteiger partial charge in [-0.15, -0.1) is 24.8 Å². The van der Waals surface area contributed by atoms with Crippen molar-refractivity contribution in [1.29, 1.82) is 0 Å². The fourth-order valence-electron chi connectivity index (χ4n) is 2.00. The lowest BCUT2D eigenvalue weighted by molar-refractivity contribution is -0.137. The number of amides is 1. The molecular weight excluding hydrogens is 416 g/mol. The van der Waals surface area contributed by atoms with Crippen molar-refractivity contribution in [3.63, 3.8) is 0 Å². The van der Waals surface area contributed by atoms with Gasteiger partial charge in [-0.05, 0) is 18.0 Å². The first-order valence-corrected chi connectivity index (χ1v) is 7.75. The molecular formula is C15H24Cl3F3N4O. The van der Waals surface area contributed by atoms with E-state index in [1.54, 1.807) is 11.9 Å². The summed E-state index contributed by atoms with van der Waals surface area (Å²) in [5.41, 5.74) is 4.53. The average molecular weight is 440 g/mol. The fraction of sp³-hybridized carbons (Fsp3) is 0.600. The fourth-order valence-corrected chi connectivity index (χ4v) is 2.23. The molecule has 1 aromatic heterocycles. The van der Waals surface area contributed by atoms with Gasteiger partial charge < -0.3 is 16.0 Å². The molecule has 0 saturated carbocycles. The molecule has 26 heavy (non-hydrogen) atoms. The van der Waals surface area contributed by atoms with Crippen molar-refractivity contribution in [3.8, 4) is 0 Å². The summed E-state index contributed by atoms with van der Waals surface area (Å²) in [7, 11) is 1.68. The van der Waals surface area contributed by atoms with Crippen molar-refractivity contribution >= 4 is 48.1 Å². The monoisotopic (exact) mass is 438 g/mol. The number of halogens is 6. The number of carbonyl (C=O) groups excluding carboxylic acids is 1. The smallest absolute Gasteiger partial charge is 0.368 e. The minimum absolute atomic E-state index is 0. The summed E-state index contributed by atoms with van der Waals surface area (Å²) in [6.45, 7) is 5.10. The van der Waals surface area contributed by atoms with E-state index in [0.29, 0.717) is 19.3 Å². The van der Waals surface area contributed by atoms with Gasteiger partial charge in [-0.3, -0.25) is 4.79 Å². The number of nitrogens with two attached hydrogens (primary N) is 1. The summed E-state index contributed by atoms with van der Waals surface area (Å²) >= 11 is 5.78. The number of alkyl halides is 3. The quantitative estimate of drug-likeness (QED) is 0.677. The van der Waals surface area contributed by atoms with Crippen LogP contribution in [0, 0.1) is 5.41 Å². The molecule has 5 nitrogen and oxygen atoms in total. The molecule has 0 bridgehead atoms. The van der Waals surface area contributed by atoms with Gasteiger partial charge in [-0.2, -0.15) is 13.2 Å². The van der Waals surface area contributed by atoms with Gasteiger partial charge in [0.2, 0.25) is 5.91 Å². The number of rotatable bonds is 7. The molecule has 0 unspecified atom stereocenters. The Morgan fingerprint density at radius 3 is 2.38 bits per heavy atom. The van der Waals surface area contributed by atoms with E-state index in [-0.39, 0.29) is 59.9 Å². The molecule has 1 rings (SSSR count). The van der Waals surface area contributed by atoms with Crippen LogP contribution in [0.15, 0.2) is 12.3 Å². The van der Waals surface area contributed by atoms with Crippen LogP contribution in [0.1, 0.15) is 25.8 Å². The molecule has 0 fully saturated rings. The highest BCUT2D eigenvalue weighted by molar-refractivity contribution is 6.32. The van der Waals surface area contributed by atoms with E-state index in [9.17, 15) is 18.0 Å². The Kier molecular flexibility index (Phi) is 11.5. The van der Waals surface area contributed by atoms with Crippen LogP contribution in [0.3, 0.4) is 0 Å². The molecule has 0 aliphatic heterocycles. The van der Waals surface area contributed by atoms with E-state index < -0.39 is 11.7 Å². The Morgan fingerprint density at radius 2 is 1.92 bits per heavy atom. The van der Waals surface area contributed by atoms with E-state index in [2.05, 4.69) is 10.3 Å². The minimum atomic E-state index is -4.50. The maximum absolute atomic E-state index is 12.5. The standard InChI is InChI=1S/C15H22ClF3N4O.2ClH/c1-14(2,8-20)9-23(3)12(24)4-5-21-13-11(16)6-10(7-22-13)15(17,18)19;;/h6-7H,4-5,8-9,20H2,1-3H3,(H,21,22);2*1H. The van der Waals surface area contributed by atoms with Gasteiger partial charge in [0.05, 0.1) is 10.6 Å². The van der Waals surface area contributed by atoms with Gasteiger partial charge in [0, 0.05) is 32.8 Å². The predicted molar refractivity (Wildman–Crippen MR) is 102 cm³/mol. The van der Waals surface area contributed by atoms with Crippen LogP contribution >= 0.6 is 36.4 Å². The molecule has 11 heteroatoms. The highest BCUT2D eigenvalue weighted by Gasteiger charge is 2.31. The molecule has 0 radical (unpaired) electrons. The number of nitrogens with zero attached hydrogens (tertiary/aromatic N) is 2. The number of pyridine rings is 1. The van der Waals surface area contributed by atoms with Crippen LogP contribution in [-0.2, 0) is 11.0 Å². The Balaban J connectivity index is 0. The van der Waals surface area contributed by atoms with E-state index in [0.717, 1.165) is 6.07 Å². The van der Waals surface area contributed by atoms with E-state index >= 15 is 0 Å². The van der Waals surface area contributed by atoms with Crippen LogP contribution in [0.2, 0.25) is 5.02 Å². The first-order valence-electron chi connectivity index (χ1n) is 7.37. The number of hydrogen-bond donors (Lipinski definition) is 2. The third-order valence-corrected chi connectivity index (χ3v) is 3.73. The lowest BCUT2D eigenvalue weighted by Gasteiger charge is -2.29. The van der Waals surface area contributed by atoms with Gasteiger partial charge in [-0.1, -0.05) is 25.4 Å². The Morgan fingerprint density at radius 1 is 1.35 bits per heavy atom. The number of aromatic nitrogens is 1. The SMILES string of the molecule is CN(CC(C)(C)CN)C(=O)CCNc1ncc(C(F)(F)F)cc1Cl.Cl.Cl. The zero-order valence-corrected chi connectivity index (χ0v) is 17.1. The van der Waals surface area contributed by atoms with Crippen molar-refractivity contribution in [3.05, 3.63) is 22.8 Å². The maximum Gasteiger partial charge on any atom is 0.417 e. The number of carbonyl (C=O) groups is 1. The van der Waals surface area contributed by atoms with Gasteiger partial charge in [0.1, 0.15) is 5.82 Å². The topological polar surface area (TPSA) is 71.2 Å².